The predicted octanol–water partition coefficient (Wildman–Crippen LogP) is 5.32. The number of para-hydroxylation sites is 1. The van der Waals surface area contributed by atoms with Gasteiger partial charge < -0.3 is 10.1 Å². The van der Waals surface area contributed by atoms with Crippen molar-refractivity contribution in [2.75, 3.05) is 6.54 Å². The van der Waals surface area contributed by atoms with Crippen LogP contribution in [0.1, 0.15) is 25.0 Å². The van der Waals surface area contributed by atoms with Gasteiger partial charge in [0.05, 0.1) is 0 Å². The van der Waals surface area contributed by atoms with Crippen LogP contribution in [0.3, 0.4) is 0 Å². The molecule has 0 atom stereocenters. The fraction of sp³-hybridized carbons (Fsp3) is 0.333. The zero-order chi connectivity index (χ0) is 15.9. The first-order valence-corrected chi connectivity index (χ1v) is 8.17. The molecule has 22 heavy (non-hydrogen) atoms. The lowest BCUT2D eigenvalue weighted by atomic mass is 10.1. The molecule has 0 bridgehead atoms. The van der Waals surface area contributed by atoms with Gasteiger partial charge in [0.15, 0.2) is 0 Å². The van der Waals surface area contributed by atoms with Crippen molar-refractivity contribution >= 4 is 23.2 Å². The molecular formula is C18H21Cl2NO. The maximum atomic E-state index is 6.18. The third-order valence-corrected chi connectivity index (χ3v) is 3.83. The van der Waals surface area contributed by atoms with E-state index >= 15 is 0 Å². The fourth-order valence-corrected chi connectivity index (χ4v) is 2.54. The van der Waals surface area contributed by atoms with E-state index in [1.165, 1.54) is 0 Å². The minimum atomic E-state index is 0.428. The SMILES string of the molecule is CC(C)CNCc1ccccc1OCc1ccc(Cl)cc1Cl. The number of ether oxygens (including phenoxy) is 1. The van der Waals surface area contributed by atoms with Crippen molar-refractivity contribution in [2.24, 2.45) is 5.92 Å². The molecule has 4 heteroatoms. The second-order valence-corrected chi connectivity index (χ2v) is 6.50. The first-order valence-electron chi connectivity index (χ1n) is 7.41. The molecule has 0 heterocycles. The summed E-state index contributed by atoms with van der Waals surface area (Å²) >= 11 is 12.1. The maximum absolute atomic E-state index is 6.18. The molecule has 1 N–H and O–H groups in total. The van der Waals surface area contributed by atoms with E-state index < -0.39 is 0 Å². The van der Waals surface area contributed by atoms with Gasteiger partial charge in [0.1, 0.15) is 12.4 Å². The van der Waals surface area contributed by atoms with Crippen LogP contribution < -0.4 is 10.1 Å². The van der Waals surface area contributed by atoms with Gasteiger partial charge in [-0.15, -0.1) is 0 Å². The van der Waals surface area contributed by atoms with E-state index in [2.05, 4.69) is 25.2 Å². The molecule has 118 valence electrons. The van der Waals surface area contributed by atoms with Crippen LogP contribution in [0.25, 0.3) is 0 Å². The molecule has 0 radical (unpaired) electrons. The molecular weight excluding hydrogens is 317 g/mol. The summed E-state index contributed by atoms with van der Waals surface area (Å²) in [7, 11) is 0. The number of rotatable bonds is 7. The van der Waals surface area contributed by atoms with E-state index in [-0.39, 0.29) is 0 Å². The second-order valence-electron chi connectivity index (χ2n) is 5.66. The molecule has 0 spiro atoms. The summed E-state index contributed by atoms with van der Waals surface area (Å²) in [5.41, 5.74) is 2.07. The molecule has 0 saturated heterocycles. The molecule has 0 aliphatic carbocycles. The lowest BCUT2D eigenvalue weighted by Gasteiger charge is -2.14. The van der Waals surface area contributed by atoms with Crippen LogP contribution in [0.4, 0.5) is 0 Å². The highest BCUT2D eigenvalue weighted by atomic mass is 35.5. The molecule has 2 aromatic carbocycles. The summed E-state index contributed by atoms with van der Waals surface area (Å²) < 4.78 is 5.93. The van der Waals surface area contributed by atoms with Crippen molar-refractivity contribution in [2.45, 2.75) is 27.0 Å². The van der Waals surface area contributed by atoms with Crippen LogP contribution in [0.5, 0.6) is 5.75 Å². The summed E-state index contributed by atoms with van der Waals surface area (Å²) in [4.78, 5) is 0. The van der Waals surface area contributed by atoms with Gasteiger partial charge in [-0.05, 0) is 30.7 Å². The smallest absolute Gasteiger partial charge is 0.124 e. The number of benzene rings is 2. The highest BCUT2D eigenvalue weighted by Gasteiger charge is 2.06. The standard InChI is InChI=1S/C18H21Cl2NO/c1-13(2)10-21-11-14-5-3-4-6-18(14)22-12-15-7-8-16(19)9-17(15)20/h3-9,13,21H,10-12H2,1-2H3. The largest absolute Gasteiger partial charge is 0.489 e. The summed E-state index contributed by atoms with van der Waals surface area (Å²) in [6.45, 7) is 6.59. The van der Waals surface area contributed by atoms with Gasteiger partial charge in [-0.25, -0.2) is 0 Å². The Labute approximate surface area is 142 Å². The Hall–Kier alpha value is -1.22. The van der Waals surface area contributed by atoms with Crippen LogP contribution in [-0.2, 0) is 13.2 Å². The van der Waals surface area contributed by atoms with E-state index in [9.17, 15) is 0 Å². The van der Waals surface area contributed by atoms with Gasteiger partial charge in [0, 0.05) is 27.7 Å². The summed E-state index contributed by atoms with van der Waals surface area (Å²) in [5, 5.41) is 4.69. The fourth-order valence-electron chi connectivity index (χ4n) is 2.08. The molecule has 0 unspecified atom stereocenters. The minimum absolute atomic E-state index is 0.428. The lowest BCUT2D eigenvalue weighted by molar-refractivity contribution is 0.302. The Kier molecular flexibility index (Phi) is 6.56. The number of hydrogen-bond acceptors (Lipinski definition) is 2. The zero-order valence-corrected chi connectivity index (χ0v) is 14.4. The molecule has 0 aliphatic heterocycles. The van der Waals surface area contributed by atoms with Crippen molar-refractivity contribution in [1.29, 1.82) is 0 Å². The quantitative estimate of drug-likeness (QED) is 0.738. The maximum Gasteiger partial charge on any atom is 0.124 e. The molecule has 2 nitrogen and oxygen atoms in total. The van der Waals surface area contributed by atoms with Crippen molar-refractivity contribution in [3.05, 3.63) is 63.6 Å². The van der Waals surface area contributed by atoms with Crippen molar-refractivity contribution in [3.63, 3.8) is 0 Å². The van der Waals surface area contributed by atoms with E-state index in [1.54, 1.807) is 6.07 Å². The Bertz CT molecular complexity index is 614. The molecule has 2 rings (SSSR count). The summed E-state index contributed by atoms with van der Waals surface area (Å²) in [6.07, 6.45) is 0. The van der Waals surface area contributed by atoms with Crippen LogP contribution in [0.15, 0.2) is 42.5 Å². The van der Waals surface area contributed by atoms with Crippen LogP contribution in [0.2, 0.25) is 10.0 Å². The van der Waals surface area contributed by atoms with Gasteiger partial charge >= 0.3 is 0 Å². The highest BCUT2D eigenvalue weighted by Crippen LogP contribution is 2.24. The molecule has 0 saturated carbocycles. The van der Waals surface area contributed by atoms with Crippen molar-refractivity contribution < 1.29 is 4.74 Å². The van der Waals surface area contributed by atoms with Gasteiger partial charge in [0.2, 0.25) is 0 Å². The third kappa shape index (κ3) is 5.20. The van der Waals surface area contributed by atoms with Crippen LogP contribution in [-0.4, -0.2) is 6.54 Å². The zero-order valence-electron chi connectivity index (χ0n) is 12.9. The second kappa shape index (κ2) is 8.42. The van der Waals surface area contributed by atoms with Gasteiger partial charge in [-0.2, -0.15) is 0 Å². The Morgan fingerprint density at radius 3 is 2.55 bits per heavy atom. The number of halogens is 2. The topological polar surface area (TPSA) is 21.3 Å². The van der Waals surface area contributed by atoms with Crippen LogP contribution >= 0.6 is 23.2 Å². The summed E-state index contributed by atoms with van der Waals surface area (Å²) in [5.74, 6) is 1.51. The highest BCUT2D eigenvalue weighted by molar-refractivity contribution is 6.35. The first kappa shape index (κ1) is 17.1. The minimum Gasteiger partial charge on any atom is -0.489 e. The predicted molar refractivity (Wildman–Crippen MR) is 93.8 cm³/mol. The van der Waals surface area contributed by atoms with Crippen LogP contribution in [0, 0.1) is 5.92 Å². The average molecular weight is 338 g/mol. The van der Waals surface area contributed by atoms with Gasteiger partial charge in [0.25, 0.3) is 0 Å². The van der Waals surface area contributed by atoms with Crippen molar-refractivity contribution in [1.82, 2.24) is 5.32 Å². The van der Waals surface area contributed by atoms with E-state index in [1.807, 2.05) is 30.3 Å². The van der Waals surface area contributed by atoms with Gasteiger partial charge in [-0.1, -0.05) is 61.3 Å². The van der Waals surface area contributed by atoms with E-state index in [4.69, 9.17) is 27.9 Å². The number of hydrogen-bond donors (Lipinski definition) is 1. The van der Waals surface area contributed by atoms with Gasteiger partial charge in [-0.3, -0.25) is 0 Å². The first-order chi connectivity index (χ1) is 10.6. The Balaban J connectivity index is 2.00. The summed E-state index contributed by atoms with van der Waals surface area (Å²) in [6, 6.07) is 13.5. The Morgan fingerprint density at radius 2 is 1.82 bits per heavy atom. The van der Waals surface area contributed by atoms with E-state index in [0.717, 1.165) is 30.0 Å². The molecule has 0 fully saturated rings. The molecule has 0 aliphatic rings. The normalized spacial score (nSPS) is 11.0. The lowest BCUT2D eigenvalue weighted by Crippen LogP contribution is -2.19. The molecule has 0 aromatic heterocycles. The third-order valence-electron chi connectivity index (χ3n) is 3.24. The van der Waals surface area contributed by atoms with E-state index in [0.29, 0.717) is 22.6 Å². The Morgan fingerprint density at radius 1 is 1.05 bits per heavy atom. The van der Waals surface area contributed by atoms with Crippen molar-refractivity contribution in [3.8, 4) is 5.75 Å². The number of nitrogens with one attached hydrogen (secondary N) is 1. The molecule has 0 amide bonds. The molecule has 2 aromatic rings. The average Bonchev–Trinajstić information content (AvgIpc) is 2.47. The monoisotopic (exact) mass is 337 g/mol.